The van der Waals surface area contributed by atoms with E-state index in [1.54, 1.807) is 48.4 Å². The number of benzene rings is 2. The Morgan fingerprint density at radius 3 is 2.59 bits per heavy atom. The van der Waals surface area contributed by atoms with Gasteiger partial charge in [0.1, 0.15) is 11.5 Å². The van der Waals surface area contributed by atoms with E-state index in [0.29, 0.717) is 58.3 Å². The number of thiocarbonyl (C=S) groups is 1. The average Bonchev–Trinajstić information content (AvgIpc) is 3.11. The van der Waals surface area contributed by atoms with Crippen molar-refractivity contribution in [3.8, 4) is 11.5 Å². The fourth-order valence-corrected chi connectivity index (χ4v) is 4.63. The van der Waals surface area contributed by atoms with E-state index < -0.39 is 0 Å². The maximum Gasteiger partial charge on any atom is 0.270 e. The number of amides is 2. The van der Waals surface area contributed by atoms with Crippen molar-refractivity contribution >= 4 is 51.9 Å². The number of thioether (sulfide) groups is 1. The van der Waals surface area contributed by atoms with Gasteiger partial charge >= 0.3 is 0 Å². The first-order valence-corrected chi connectivity index (χ1v) is 11.3. The van der Waals surface area contributed by atoms with Gasteiger partial charge in [0.15, 0.2) is 10.9 Å². The molecule has 2 aliphatic rings. The molecule has 4 rings (SSSR count). The third kappa shape index (κ3) is 4.95. The number of carbonyl (C=O) groups is 2. The topological polar surface area (TPSA) is 68.3 Å². The highest BCUT2D eigenvalue weighted by molar-refractivity contribution is 8.27. The quantitative estimate of drug-likeness (QED) is 0.474. The Balaban J connectivity index is 1.49. The summed E-state index contributed by atoms with van der Waals surface area (Å²) in [5.41, 5.74) is 1.38. The zero-order chi connectivity index (χ0) is 22.5. The molecule has 2 aromatic carbocycles. The first-order chi connectivity index (χ1) is 15.6. The molecule has 9 heteroatoms. The SMILES string of the molecule is COc1ccc(N2C(=O)/C(=C/c3ccccc3OCC(=O)N3CCOCC3)SC2=S)cc1. The van der Waals surface area contributed by atoms with Gasteiger partial charge in [-0.2, -0.15) is 0 Å². The highest BCUT2D eigenvalue weighted by Crippen LogP contribution is 2.37. The fraction of sp³-hybridized carbons (Fsp3) is 0.261. The fourth-order valence-electron chi connectivity index (χ4n) is 3.34. The number of carbonyl (C=O) groups excluding carboxylic acids is 2. The molecular formula is C23H22N2O5S2. The molecule has 2 aromatic rings. The van der Waals surface area contributed by atoms with Gasteiger partial charge in [-0.3, -0.25) is 14.5 Å². The van der Waals surface area contributed by atoms with Crippen molar-refractivity contribution in [1.82, 2.24) is 4.90 Å². The van der Waals surface area contributed by atoms with E-state index in [9.17, 15) is 9.59 Å². The summed E-state index contributed by atoms with van der Waals surface area (Å²) in [4.78, 5) is 29.2. The average molecular weight is 471 g/mol. The molecule has 2 aliphatic heterocycles. The van der Waals surface area contributed by atoms with Crippen LogP contribution in [0.3, 0.4) is 0 Å². The summed E-state index contributed by atoms with van der Waals surface area (Å²) >= 11 is 6.68. The minimum Gasteiger partial charge on any atom is -0.497 e. The van der Waals surface area contributed by atoms with Gasteiger partial charge in [0, 0.05) is 18.7 Å². The van der Waals surface area contributed by atoms with Gasteiger partial charge in [-0.25, -0.2) is 0 Å². The third-order valence-corrected chi connectivity index (χ3v) is 6.35. The van der Waals surface area contributed by atoms with Gasteiger partial charge in [-0.05, 0) is 36.4 Å². The summed E-state index contributed by atoms with van der Waals surface area (Å²) in [6.07, 6.45) is 1.75. The predicted octanol–water partition coefficient (Wildman–Crippen LogP) is 3.34. The zero-order valence-electron chi connectivity index (χ0n) is 17.5. The van der Waals surface area contributed by atoms with Crippen LogP contribution < -0.4 is 14.4 Å². The van der Waals surface area contributed by atoms with Crippen LogP contribution in [0.5, 0.6) is 11.5 Å². The molecule has 166 valence electrons. The van der Waals surface area contributed by atoms with Crippen molar-refractivity contribution in [2.75, 3.05) is 44.9 Å². The molecule has 0 aromatic heterocycles. The Hall–Kier alpha value is -2.88. The molecule has 7 nitrogen and oxygen atoms in total. The van der Waals surface area contributed by atoms with Gasteiger partial charge < -0.3 is 19.1 Å². The summed E-state index contributed by atoms with van der Waals surface area (Å²) in [6.45, 7) is 2.14. The molecular weight excluding hydrogens is 448 g/mol. The number of hydrogen-bond donors (Lipinski definition) is 0. The van der Waals surface area contributed by atoms with Crippen molar-refractivity contribution in [3.63, 3.8) is 0 Å². The van der Waals surface area contributed by atoms with E-state index in [-0.39, 0.29) is 18.4 Å². The lowest BCUT2D eigenvalue weighted by molar-refractivity contribution is -0.137. The first-order valence-electron chi connectivity index (χ1n) is 10.1. The molecule has 2 fully saturated rings. The number of methoxy groups -OCH3 is 1. The Bertz CT molecular complexity index is 1050. The monoisotopic (exact) mass is 470 g/mol. The number of nitrogens with zero attached hydrogens (tertiary/aromatic N) is 2. The molecule has 0 aliphatic carbocycles. The molecule has 2 heterocycles. The zero-order valence-corrected chi connectivity index (χ0v) is 19.1. The summed E-state index contributed by atoms with van der Waals surface area (Å²) < 4.78 is 16.7. The van der Waals surface area contributed by atoms with Gasteiger partial charge in [0.05, 0.1) is 30.9 Å². The van der Waals surface area contributed by atoms with Gasteiger partial charge in [-0.15, -0.1) is 0 Å². The molecule has 0 spiro atoms. The largest absolute Gasteiger partial charge is 0.497 e. The van der Waals surface area contributed by atoms with E-state index in [1.807, 2.05) is 18.2 Å². The van der Waals surface area contributed by atoms with Crippen LogP contribution in [0.2, 0.25) is 0 Å². The second-order valence-electron chi connectivity index (χ2n) is 7.03. The van der Waals surface area contributed by atoms with Crippen LogP contribution in [-0.2, 0) is 14.3 Å². The molecule has 0 N–H and O–H groups in total. The van der Waals surface area contributed by atoms with Gasteiger partial charge in [0.2, 0.25) is 0 Å². The molecule has 0 saturated carbocycles. The van der Waals surface area contributed by atoms with Crippen LogP contribution >= 0.6 is 24.0 Å². The van der Waals surface area contributed by atoms with Crippen LogP contribution in [0.4, 0.5) is 5.69 Å². The van der Waals surface area contributed by atoms with Crippen molar-refractivity contribution in [3.05, 3.63) is 59.0 Å². The second-order valence-corrected chi connectivity index (χ2v) is 8.71. The van der Waals surface area contributed by atoms with Crippen LogP contribution in [0, 0.1) is 0 Å². The highest BCUT2D eigenvalue weighted by atomic mass is 32.2. The van der Waals surface area contributed by atoms with E-state index in [2.05, 4.69) is 0 Å². The van der Waals surface area contributed by atoms with Gasteiger partial charge in [-0.1, -0.05) is 42.2 Å². The number of para-hydroxylation sites is 1. The van der Waals surface area contributed by atoms with Crippen molar-refractivity contribution < 1.29 is 23.8 Å². The van der Waals surface area contributed by atoms with Crippen LogP contribution in [0.1, 0.15) is 5.56 Å². The maximum atomic E-state index is 13.1. The summed E-state index contributed by atoms with van der Waals surface area (Å²) in [5, 5.41) is 0. The molecule has 0 bridgehead atoms. The van der Waals surface area contributed by atoms with Gasteiger partial charge in [0.25, 0.3) is 11.8 Å². The minimum absolute atomic E-state index is 0.0718. The lowest BCUT2D eigenvalue weighted by Crippen LogP contribution is -2.43. The Morgan fingerprint density at radius 2 is 1.88 bits per heavy atom. The predicted molar refractivity (Wildman–Crippen MR) is 128 cm³/mol. The van der Waals surface area contributed by atoms with Crippen LogP contribution in [0.25, 0.3) is 6.08 Å². The third-order valence-electron chi connectivity index (χ3n) is 5.04. The summed E-state index contributed by atoms with van der Waals surface area (Å²) in [7, 11) is 1.59. The molecule has 0 atom stereocenters. The summed E-state index contributed by atoms with van der Waals surface area (Å²) in [6, 6.07) is 14.5. The number of hydrogen-bond acceptors (Lipinski definition) is 7. The Kier molecular flexibility index (Phi) is 7.09. The standard InChI is InChI=1S/C23H22N2O5S2/c1-28-18-8-6-17(7-9-18)25-22(27)20(32-23(25)31)14-16-4-2-3-5-19(16)30-15-21(26)24-10-12-29-13-11-24/h2-9,14H,10-13,15H2,1H3/b20-14-. The van der Waals surface area contributed by atoms with Crippen molar-refractivity contribution in [2.45, 2.75) is 0 Å². The lowest BCUT2D eigenvalue weighted by atomic mass is 10.2. The van der Waals surface area contributed by atoms with Crippen molar-refractivity contribution in [2.24, 2.45) is 0 Å². The Labute approximate surface area is 195 Å². The van der Waals surface area contributed by atoms with E-state index in [4.69, 9.17) is 26.4 Å². The molecule has 32 heavy (non-hydrogen) atoms. The number of morpholine rings is 1. The normalized spacial score (nSPS) is 17.7. The van der Waals surface area contributed by atoms with E-state index >= 15 is 0 Å². The Morgan fingerprint density at radius 1 is 1.16 bits per heavy atom. The molecule has 0 unspecified atom stereocenters. The lowest BCUT2D eigenvalue weighted by Gasteiger charge is -2.26. The first kappa shape index (κ1) is 22.3. The number of anilines is 1. The highest BCUT2D eigenvalue weighted by Gasteiger charge is 2.33. The van der Waals surface area contributed by atoms with Crippen molar-refractivity contribution in [1.29, 1.82) is 0 Å². The smallest absolute Gasteiger partial charge is 0.270 e. The molecule has 2 saturated heterocycles. The summed E-state index contributed by atoms with van der Waals surface area (Å²) in [5.74, 6) is 0.939. The van der Waals surface area contributed by atoms with Crippen LogP contribution in [-0.4, -0.2) is 61.1 Å². The second kappa shape index (κ2) is 10.2. The van der Waals surface area contributed by atoms with E-state index in [1.165, 1.54) is 16.7 Å². The maximum absolute atomic E-state index is 13.1. The number of rotatable bonds is 6. The number of ether oxygens (including phenoxy) is 3. The minimum atomic E-state index is -0.204. The molecule has 2 amide bonds. The van der Waals surface area contributed by atoms with E-state index in [0.717, 1.165) is 0 Å². The van der Waals surface area contributed by atoms with Crippen LogP contribution in [0.15, 0.2) is 53.4 Å². The molecule has 0 radical (unpaired) electrons.